The summed E-state index contributed by atoms with van der Waals surface area (Å²) in [5.74, 6) is 0. The van der Waals surface area contributed by atoms with Crippen LogP contribution in [0.25, 0.3) is 0 Å². The van der Waals surface area contributed by atoms with Crippen LogP contribution in [-0.2, 0) is 21.3 Å². The molecule has 1 aromatic heterocycles. The minimum Gasteiger partial charge on any atom is -0.376 e. The average Bonchev–Trinajstić information content (AvgIpc) is 2.86. The summed E-state index contributed by atoms with van der Waals surface area (Å²) < 4.78 is 32.4. The highest BCUT2D eigenvalue weighted by atomic mass is 32.2. The molecule has 0 radical (unpaired) electrons. The monoisotopic (exact) mass is 318 g/mol. The van der Waals surface area contributed by atoms with Crippen molar-refractivity contribution < 1.29 is 13.2 Å². The van der Waals surface area contributed by atoms with E-state index in [1.54, 1.807) is 6.07 Å². The zero-order valence-electron chi connectivity index (χ0n) is 12.1. The number of hydrogen-bond donors (Lipinski definition) is 1. The van der Waals surface area contributed by atoms with Crippen molar-refractivity contribution in [1.82, 2.24) is 9.62 Å². The second-order valence-corrected chi connectivity index (χ2v) is 8.63. The molecular formula is C13H22N2O3S2. The molecule has 0 bridgehead atoms. The first-order valence-electron chi connectivity index (χ1n) is 6.83. The fourth-order valence-electron chi connectivity index (χ4n) is 2.03. The lowest BCUT2D eigenvalue weighted by Crippen LogP contribution is -2.44. The standard InChI is InChI=1S/C13H22N2O3S2/c1-10(2)14-8-12-4-5-13(19-12)20(16,17)15-6-7-18-11(3)9-15/h4-5,10-11,14H,6-9H2,1-3H3. The van der Waals surface area contributed by atoms with E-state index in [2.05, 4.69) is 19.2 Å². The highest BCUT2D eigenvalue weighted by molar-refractivity contribution is 7.91. The zero-order chi connectivity index (χ0) is 14.8. The normalized spacial score (nSPS) is 21.5. The molecule has 20 heavy (non-hydrogen) atoms. The molecule has 1 fully saturated rings. The lowest BCUT2D eigenvalue weighted by Gasteiger charge is -2.29. The number of rotatable bonds is 5. The van der Waals surface area contributed by atoms with Gasteiger partial charge in [-0.05, 0) is 19.1 Å². The summed E-state index contributed by atoms with van der Waals surface area (Å²) in [5.41, 5.74) is 0. The molecule has 1 atom stereocenters. The van der Waals surface area contributed by atoms with Crippen LogP contribution in [0.15, 0.2) is 16.3 Å². The van der Waals surface area contributed by atoms with Crippen molar-refractivity contribution in [1.29, 1.82) is 0 Å². The van der Waals surface area contributed by atoms with Gasteiger partial charge in [0.15, 0.2) is 0 Å². The molecule has 0 aliphatic carbocycles. The van der Waals surface area contributed by atoms with Gasteiger partial charge in [-0.1, -0.05) is 13.8 Å². The van der Waals surface area contributed by atoms with Gasteiger partial charge in [0.05, 0.1) is 12.7 Å². The summed E-state index contributed by atoms with van der Waals surface area (Å²) >= 11 is 1.34. The Labute approximate surface area is 125 Å². The SMILES string of the molecule is CC(C)NCc1ccc(S(=O)(=O)N2CCOC(C)C2)s1. The highest BCUT2D eigenvalue weighted by Gasteiger charge is 2.30. The maximum absolute atomic E-state index is 12.5. The van der Waals surface area contributed by atoms with E-state index in [1.165, 1.54) is 15.6 Å². The molecule has 7 heteroatoms. The van der Waals surface area contributed by atoms with Crippen molar-refractivity contribution in [3.05, 3.63) is 17.0 Å². The number of nitrogens with zero attached hydrogens (tertiary/aromatic N) is 1. The number of sulfonamides is 1. The molecule has 0 spiro atoms. The van der Waals surface area contributed by atoms with Crippen molar-refractivity contribution >= 4 is 21.4 Å². The molecular weight excluding hydrogens is 296 g/mol. The van der Waals surface area contributed by atoms with Crippen LogP contribution in [0, 0.1) is 0 Å². The predicted octanol–water partition coefficient (Wildman–Crippen LogP) is 1.66. The molecule has 1 aliphatic rings. The Hall–Kier alpha value is -0.470. The molecule has 1 aromatic rings. The molecule has 0 amide bonds. The summed E-state index contributed by atoms with van der Waals surface area (Å²) in [4.78, 5) is 1.04. The van der Waals surface area contributed by atoms with Gasteiger partial charge >= 0.3 is 0 Å². The van der Waals surface area contributed by atoms with E-state index in [4.69, 9.17) is 4.74 Å². The average molecular weight is 318 g/mol. The van der Waals surface area contributed by atoms with Crippen LogP contribution < -0.4 is 5.32 Å². The molecule has 2 rings (SSSR count). The first-order valence-corrected chi connectivity index (χ1v) is 9.09. The molecule has 1 N–H and O–H groups in total. The molecule has 1 saturated heterocycles. The van der Waals surface area contributed by atoms with E-state index in [0.29, 0.717) is 36.5 Å². The van der Waals surface area contributed by atoms with Crippen LogP contribution in [0.4, 0.5) is 0 Å². The van der Waals surface area contributed by atoms with Gasteiger partial charge in [-0.3, -0.25) is 0 Å². The van der Waals surface area contributed by atoms with Crippen LogP contribution in [0.2, 0.25) is 0 Å². The van der Waals surface area contributed by atoms with Crippen molar-refractivity contribution in [3.8, 4) is 0 Å². The summed E-state index contributed by atoms with van der Waals surface area (Å²) in [6.07, 6.45) is -0.0411. The van der Waals surface area contributed by atoms with Gasteiger partial charge in [-0.2, -0.15) is 4.31 Å². The summed E-state index contributed by atoms with van der Waals surface area (Å²) in [6, 6.07) is 3.98. The van der Waals surface area contributed by atoms with Gasteiger partial charge in [0.1, 0.15) is 4.21 Å². The predicted molar refractivity (Wildman–Crippen MR) is 80.5 cm³/mol. The summed E-state index contributed by atoms with van der Waals surface area (Å²) in [7, 11) is -3.37. The van der Waals surface area contributed by atoms with Gasteiger partial charge in [0.25, 0.3) is 10.0 Å². The Balaban J connectivity index is 2.09. The Morgan fingerprint density at radius 2 is 2.25 bits per heavy atom. The highest BCUT2D eigenvalue weighted by Crippen LogP contribution is 2.26. The number of thiophene rings is 1. The van der Waals surface area contributed by atoms with E-state index >= 15 is 0 Å². The first-order chi connectivity index (χ1) is 9.39. The molecule has 1 unspecified atom stereocenters. The fraction of sp³-hybridized carbons (Fsp3) is 0.692. The molecule has 114 valence electrons. The molecule has 1 aliphatic heterocycles. The third-order valence-electron chi connectivity index (χ3n) is 3.12. The molecule has 2 heterocycles. The van der Waals surface area contributed by atoms with Crippen molar-refractivity contribution in [2.75, 3.05) is 19.7 Å². The number of hydrogen-bond acceptors (Lipinski definition) is 5. The smallest absolute Gasteiger partial charge is 0.252 e. The Kier molecular flexibility index (Phi) is 5.19. The van der Waals surface area contributed by atoms with Gasteiger partial charge in [-0.15, -0.1) is 11.3 Å². The lowest BCUT2D eigenvalue weighted by molar-refractivity contribution is 0.0102. The lowest BCUT2D eigenvalue weighted by atomic mass is 10.3. The number of ether oxygens (including phenoxy) is 1. The topological polar surface area (TPSA) is 58.6 Å². The van der Waals surface area contributed by atoms with E-state index < -0.39 is 10.0 Å². The summed E-state index contributed by atoms with van der Waals surface area (Å²) in [6.45, 7) is 8.07. The third-order valence-corrected chi connectivity index (χ3v) is 6.54. The number of nitrogens with one attached hydrogen (secondary N) is 1. The number of morpholine rings is 1. The second kappa shape index (κ2) is 6.53. The zero-order valence-corrected chi connectivity index (χ0v) is 13.8. The van der Waals surface area contributed by atoms with Crippen LogP contribution >= 0.6 is 11.3 Å². The Morgan fingerprint density at radius 1 is 1.50 bits per heavy atom. The fourth-order valence-corrected chi connectivity index (χ4v) is 4.99. The van der Waals surface area contributed by atoms with Gasteiger partial charge in [0.2, 0.25) is 0 Å². The van der Waals surface area contributed by atoms with E-state index in [9.17, 15) is 8.42 Å². The van der Waals surface area contributed by atoms with Crippen LogP contribution in [-0.4, -0.2) is 44.6 Å². The second-order valence-electron chi connectivity index (χ2n) is 5.30. The van der Waals surface area contributed by atoms with E-state index in [-0.39, 0.29) is 6.10 Å². The van der Waals surface area contributed by atoms with Crippen LogP contribution in [0.3, 0.4) is 0 Å². The first kappa shape index (κ1) is 15.9. The van der Waals surface area contributed by atoms with Crippen LogP contribution in [0.1, 0.15) is 25.6 Å². The minimum atomic E-state index is -3.37. The quantitative estimate of drug-likeness (QED) is 0.897. The minimum absolute atomic E-state index is 0.0411. The Bertz CT molecular complexity index is 540. The van der Waals surface area contributed by atoms with Gasteiger partial charge in [-0.25, -0.2) is 8.42 Å². The van der Waals surface area contributed by atoms with Crippen molar-refractivity contribution in [2.24, 2.45) is 0 Å². The van der Waals surface area contributed by atoms with Crippen LogP contribution in [0.5, 0.6) is 0 Å². The van der Waals surface area contributed by atoms with E-state index in [0.717, 1.165) is 4.88 Å². The maximum atomic E-state index is 12.5. The molecule has 0 aromatic carbocycles. The largest absolute Gasteiger partial charge is 0.376 e. The third kappa shape index (κ3) is 3.79. The maximum Gasteiger partial charge on any atom is 0.252 e. The Morgan fingerprint density at radius 3 is 2.90 bits per heavy atom. The van der Waals surface area contributed by atoms with E-state index in [1.807, 2.05) is 13.0 Å². The van der Waals surface area contributed by atoms with Gasteiger partial charge in [0, 0.05) is 30.6 Å². The van der Waals surface area contributed by atoms with Crippen molar-refractivity contribution in [2.45, 2.75) is 43.7 Å². The van der Waals surface area contributed by atoms with Crippen molar-refractivity contribution in [3.63, 3.8) is 0 Å². The van der Waals surface area contributed by atoms with Gasteiger partial charge < -0.3 is 10.1 Å². The molecule has 5 nitrogen and oxygen atoms in total. The summed E-state index contributed by atoms with van der Waals surface area (Å²) in [5, 5.41) is 3.30. The molecule has 0 saturated carbocycles.